The van der Waals surface area contributed by atoms with E-state index in [1.807, 2.05) is 12.1 Å². The van der Waals surface area contributed by atoms with Gasteiger partial charge in [0.25, 0.3) is 5.69 Å². The number of nitro benzene ring substituents is 1. The number of ether oxygens (including phenoxy) is 1. The Labute approximate surface area is 135 Å². The summed E-state index contributed by atoms with van der Waals surface area (Å²) in [5, 5.41) is 10.9. The lowest BCUT2D eigenvalue weighted by Crippen LogP contribution is -2.57. The fourth-order valence-electron chi connectivity index (χ4n) is 5.99. The predicted molar refractivity (Wildman–Crippen MR) is 83.9 cm³/mol. The Morgan fingerprint density at radius 3 is 2.30 bits per heavy atom. The molecule has 4 bridgehead atoms. The third-order valence-electron chi connectivity index (χ3n) is 6.37. The van der Waals surface area contributed by atoms with Gasteiger partial charge in [0.2, 0.25) is 0 Å². The monoisotopic (exact) mass is 315 g/mol. The van der Waals surface area contributed by atoms with Gasteiger partial charge in [-0.2, -0.15) is 0 Å². The number of nitro groups is 1. The van der Waals surface area contributed by atoms with Gasteiger partial charge < -0.3 is 4.74 Å². The first kappa shape index (κ1) is 14.7. The Bertz CT molecular complexity index is 652. The van der Waals surface area contributed by atoms with Crippen molar-refractivity contribution in [3.63, 3.8) is 0 Å². The van der Waals surface area contributed by atoms with Gasteiger partial charge in [0, 0.05) is 12.1 Å². The van der Waals surface area contributed by atoms with Crippen LogP contribution in [0.25, 0.3) is 0 Å². The van der Waals surface area contributed by atoms with Crippen LogP contribution < -0.4 is 0 Å². The minimum absolute atomic E-state index is 0.00655. The highest BCUT2D eigenvalue weighted by Gasteiger charge is 2.61. The molecule has 23 heavy (non-hydrogen) atoms. The summed E-state index contributed by atoms with van der Waals surface area (Å²) in [5.74, 6) is 1.09. The van der Waals surface area contributed by atoms with Crippen LogP contribution in [0.5, 0.6) is 0 Å². The Morgan fingerprint density at radius 2 is 1.78 bits per heavy atom. The Kier molecular flexibility index (Phi) is 3.06. The van der Waals surface area contributed by atoms with Gasteiger partial charge in [-0.05, 0) is 61.3 Å². The number of carbonyl (C=O) groups excluding carboxylic acids is 1. The standard InChI is InChI=1S/C18H21NO4/c1-23-16(20)18-9-12-6-13(10-18)8-17(7-12,11-18)14-2-4-15(5-3-14)19(21)22/h2-5,12-13H,6-11H2,1H3/t12-,13+,17?,18?. The zero-order valence-corrected chi connectivity index (χ0v) is 13.3. The fourth-order valence-corrected chi connectivity index (χ4v) is 5.99. The van der Waals surface area contributed by atoms with Crippen molar-refractivity contribution in [1.29, 1.82) is 0 Å². The van der Waals surface area contributed by atoms with Crippen LogP contribution in [-0.4, -0.2) is 18.0 Å². The molecule has 1 aromatic rings. The molecule has 4 fully saturated rings. The quantitative estimate of drug-likeness (QED) is 0.485. The van der Waals surface area contributed by atoms with E-state index in [1.165, 1.54) is 13.5 Å². The second-order valence-corrected chi connectivity index (χ2v) is 7.82. The normalized spacial score (nSPS) is 37.6. The summed E-state index contributed by atoms with van der Waals surface area (Å²) in [7, 11) is 1.49. The van der Waals surface area contributed by atoms with Crippen LogP contribution >= 0.6 is 0 Å². The lowest BCUT2D eigenvalue weighted by Gasteiger charge is -2.61. The van der Waals surface area contributed by atoms with Crippen molar-refractivity contribution in [1.82, 2.24) is 0 Å². The maximum absolute atomic E-state index is 12.5. The van der Waals surface area contributed by atoms with Crippen LogP contribution in [0.2, 0.25) is 0 Å². The molecule has 0 radical (unpaired) electrons. The fraction of sp³-hybridized carbons (Fsp3) is 0.611. The molecule has 1 aromatic carbocycles. The number of hydrogen-bond donors (Lipinski definition) is 0. The largest absolute Gasteiger partial charge is 0.469 e. The number of nitrogens with zero attached hydrogens (tertiary/aromatic N) is 1. The Hall–Kier alpha value is -1.91. The van der Waals surface area contributed by atoms with Gasteiger partial charge in [0.1, 0.15) is 0 Å². The van der Waals surface area contributed by atoms with E-state index in [0.717, 1.165) is 37.7 Å². The molecule has 2 unspecified atom stereocenters. The van der Waals surface area contributed by atoms with E-state index in [1.54, 1.807) is 12.1 Å². The smallest absolute Gasteiger partial charge is 0.311 e. The van der Waals surface area contributed by atoms with E-state index in [9.17, 15) is 14.9 Å². The molecular weight excluding hydrogens is 294 g/mol. The summed E-state index contributed by atoms with van der Waals surface area (Å²) >= 11 is 0. The third kappa shape index (κ3) is 2.09. The molecule has 0 spiro atoms. The van der Waals surface area contributed by atoms with Crippen molar-refractivity contribution < 1.29 is 14.5 Å². The molecule has 5 rings (SSSR count). The third-order valence-corrected chi connectivity index (χ3v) is 6.37. The molecule has 0 aromatic heterocycles. The minimum atomic E-state index is -0.362. The topological polar surface area (TPSA) is 69.4 Å². The molecule has 5 nitrogen and oxygen atoms in total. The highest BCUT2D eigenvalue weighted by atomic mass is 16.6. The molecule has 4 aliphatic carbocycles. The second-order valence-electron chi connectivity index (χ2n) is 7.82. The average Bonchev–Trinajstić information content (AvgIpc) is 2.53. The van der Waals surface area contributed by atoms with Crippen LogP contribution in [0, 0.1) is 27.4 Å². The second kappa shape index (κ2) is 4.79. The van der Waals surface area contributed by atoms with Crippen LogP contribution in [0.3, 0.4) is 0 Å². The number of benzene rings is 1. The first-order chi connectivity index (χ1) is 11.0. The number of methoxy groups -OCH3 is 1. The molecule has 0 saturated heterocycles. The summed E-state index contributed by atoms with van der Waals surface area (Å²) in [5.41, 5.74) is 0.945. The van der Waals surface area contributed by atoms with Crippen molar-refractivity contribution in [3.8, 4) is 0 Å². The first-order valence-corrected chi connectivity index (χ1v) is 8.30. The van der Waals surface area contributed by atoms with Crippen LogP contribution in [-0.2, 0) is 14.9 Å². The van der Waals surface area contributed by atoms with E-state index >= 15 is 0 Å². The van der Waals surface area contributed by atoms with Gasteiger partial charge >= 0.3 is 5.97 Å². The van der Waals surface area contributed by atoms with Crippen molar-refractivity contribution in [2.24, 2.45) is 17.3 Å². The predicted octanol–water partition coefficient (Wildman–Crippen LogP) is 3.61. The number of hydrogen-bond acceptors (Lipinski definition) is 4. The van der Waals surface area contributed by atoms with E-state index in [0.29, 0.717) is 11.8 Å². The van der Waals surface area contributed by atoms with Crippen molar-refractivity contribution in [2.45, 2.75) is 43.9 Å². The van der Waals surface area contributed by atoms with Gasteiger partial charge in [-0.3, -0.25) is 14.9 Å². The average molecular weight is 315 g/mol. The molecule has 0 amide bonds. The van der Waals surface area contributed by atoms with E-state index in [2.05, 4.69) is 0 Å². The molecular formula is C18H21NO4. The molecule has 4 saturated carbocycles. The van der Waals surface area contributed by atoms with Gasteiger partial charge in [-0.25, -0.2) is 0 Å². The van der Waals surface area contributed by atoms with Crippen molar-refractivity contribution in [3.05, 3.63) is 39.9 Å². The lowest BCUT2D eigenvalue weighted by atomic mass is 9.43. The van der Waals surface area contributed by atoms with E-state index in [4.69, 9.17) is 4.74 Å². The number of carbonyl (C=O) groups is 1. The molecule has 5 heteroatoms. The molecule has 0 N–H and O–H groups in total. The Morgan fingerprint density at radius 1 is 1.17 bits per heavy atom. The van der Waals surface area contributed by atoms with Gasteiger partial charge in [0.05, 0.1) is 17.4 Å². The van der Waals surface area contributed by atoms with Crippen LogP contribution in [0.15, 0.2) is 24.3 Å². The van der Waals surface area contributed by atoms with Gasteiger partial charge in [0.15, 0.2) is 0 Å². The highest BCUT2D eigenvalue weighted by Crippen LogP contribution is 2.66. The molecule has 4 atom stereocenters. The maximum Gasteiger partial charge on any atom is 0.311 e. The molecule has 0 heterocycles. The molecule has 0 aliphatic heterocycles. The van der Waals surface area contributed by atoms with Crippen LogP contribution in [0.4, 0.5) is 5.69 Å². The first-order valence-electron chi connectivity index (χ1n) is 8.30. The SMILES string of the molecule is COC(=O)C12C[C@H]3C[C@@H](C1)CC(c1ccc([N+](=O)[O-])cc1)(C3)C2. The Balaban J connectivity index is 1.73. The lowest BCUT2D eigenvalue weighted by molar-refractivity contribution is -0.384. The summed E-state index contributed by atoms with van der Waals surface area (Å²) in [6, 6.07) is 6.99. The molecule has 122 valence electrons. The zero-order valence-electron chi connectivity index (χ0n) is 13.3. The van der Waals surface area contributed by atoms with Crippen molar-refractivity contribution >= 4 is 11.7 Å². The summed E-state index contributed by atoms with van der Waals surface area (Å²) < 4.78 is 5.14. The van der Waals surface area contributed by atoms with Crippen LogP contribution in [0.1, 0.15) is 44.1 Å². The number of non-ortho nitro benzene ring substituents is 1. The minimum Gasteiger partial charge on any atom is -0.469 e. The van der Waals surface area contributed by atoms with E-state index in [-0.39, 0.29) is 27.4 Å². The summed E-state index contributed by atoms with van der Waals surface area (Å²) in [4.78, 5) is 23.0. The van der Waals surface area contributed by atoms with Gasteiger partial charge in [-0.1, -0.05) is 12.1 Å². The summed E-state index contributed by atoms with van der Waals surface area (Å²) in [6.07, 6.45) is 6.14. The van der Waals surface area contributed by atoms with Crippen molar-refractivity contribution in [2.75, 3.05) is 7.11 Å². The number of rotatable bonds is 3. The molecule has 4 aliphatic rings. The van der Waals surface area contributed by atoms with Gasteiger partial charge in [-0.15, -0.1) is 0 Å². The maximum atomic E-state index is 12.5. The highest BCUT2D eigenvalue weighted by molar-refractivity contribution is 5.78. The zero-order chi connectivity index (χ0) is 16.2. The van der Waals surface area contributed by atoms with E-state index < -0.39 is 0 Å². The number of esters is 1. The summed E-state index contributed by atoms with van der Waals surface area (Å²) in [6.45, 7) is 0.